The number of morpholine rings is 1. The van der Waals surface area contributed by atoms with Gasteiger partial charge in [0.05, 0.1) is 23.8 Å². The molecule has 2 N–H and O–H groups in total. The Balaban J connectivity index is 1.44. The number of nitrogens with zero attached hydrogens (tertiary/aromatic N) is 2. The highest BCUT2D eigenvalue weighted by molar-refractivity contribution is 7.89. The number of nitrogens with one attached hydrogen (secondary N) is 2. The number of carbonyl (C=O) groups is 1. The van der Waals surface area contributed by atoms with Crippen LogP contribution in [0, 0.1) is 12.8 Å². The van der Waals surface area contributed by atoms with E-state index in [1.54, 1.807) is 24.3 Å². The Morgan fingerprint density at radius 1 is 1.08 bits per heavy atom. The van der Waals surface area contributed by atoms with Crippen LogP contribution in [0.2, 0.25) is 0 Å². The summed E-state index contributed by atoms with van der Waals surface area (Å²) in [6, 6.07) is 13.8. The van der Waals surface area contributed by atoms with Crippen LogP contribution in [0.25, 0.3) is 11.3 Å². The van der Waals surface area contributed by atoms with E-state index in [4.69, 9.17) is 4.74 Å². The molecule has 1 aromatic heterocycles. The number of rotatable bonds is 9. The largest absolute Gasteiger partial charge is 0.378 e. The van der Waals surface area contributed by atoms with E-state index in [2.05, 4.69) is 32.1 Å². The van der Waals surface area contributed by atoms with Crippen molar-refractivity contribution in [2.45, 2.75) is 38.1 Å². The predicted molar refractivity (Wildman–Crippen MR) is 144 cm³/mol. The van der Waals surface area contributed by atoms with Gasteiger partial charge in [-0.15, -0.1) is 11.3 Å². The van der Waals surface area contributed by atoms with Gasteiger partial charge in [-0.1, -0.05) is 43.7 Å². The Morgan fingerprint density at radius 2 is 1.75 bits per heavy atom. The van der Waals surface area contributed by atoms with Gasteiger partial charge in [0.2, 0.25) is 15.9 Å². The molecule has 1 fully saturated rings. The zero-order chi connectivity index (χ0) is 25.7. The van der Waals surface area contributed by atoms with Gasteiger partial charge in [-0.2, -0.15) is 4.72 Å². The van der Waals surface area contributed by atoms with E-state index >= 15 is 0 Å². The van der Waals surface area contributed by atoms with E-state index in [1.807, 2.05) is 38.3 Å². The van der Waals surface area contributed by atoms with Gasteiger partial charge in [-0.25, -0.2) is 13.4 Å². The van der Waals surface area contributed by atoms with E-state index in [9.17, 15) is 13.2 Å². The second kappa shape index (κ2) is 11.5. The highest BCUT2D eigenvalue weighted by Gasteiger charge is 2.27. The van der Waals surface area contributed by atoms with Gasteiger partial charge in [-0.05, 0) is 43.5 Å². The van der Waals surface area contributed by atoms with Crippen LogP contribution in [0.15, 0.2) is 58.8 Å². The predicted octanol–water partition coefficient (Wildman–Crippen LogP) is 4.29. The minimum absolute atomic E-state index is 0.110. The van der Waals surface area contributed by atoms with E-state index in [0.717, 1.165) is 48.8 Å². The van der Waals surface area contributed by atoms with E-state index in [0.29, 0.717) is 11.6 Å². The Hall–Kier alpha value is -2.79. The van der Waals surface area contributed by atoms with Crippen LogP contribution >= 0.6 is 11.3 Å². The molecule has 4 rings (SSSR count). The number of thiazole rings is 1. The van der Waals surface area contributed by atoms with Gasteiger partial charge in [0.25, 0.3) is 0 Å². The molecule has 0 aliphatic carbocycles. The van der Waals surface area contributed by atoms with Crippen LogP contribution in [0.1, 0.15) is 25.8 Å². The highest BCUT2D eigenvalue weighted by atomic mass is 32.2. The smallest absolute Gasteiger partial charge is 0.244 e. The molecule has 3 aromatic rings. The van der Waals surface area contributed by atoms with Crippen molar-refractivity contribution in [2.75, 3.05) is 36.5 Å². The first kappa shape index (κ1) is 26.3. The number of anilines is 2. The lowest BCUT2D eigenvalue weighted by molar-refractivity contribution is -0.118. The van der Waals surface area contributed by atoms with Gasteiger partial charge < -0.3 is 15.0 Å². The molecule has 0 spiro atoms. The zero-order valence-electron chi connectivity index (χ0n) is 20.7. The summed E-state index contributed by atoms with van der Waals surface area (Å²) in [7, 11) is -3.85. The maximum absolute atomic E-state index is 13.1. The molecule has 0 radical (unpaired) electrons. The molecular weight excluding hydrogens is 496 g/mol. The summed E-state index contributed by atoms with van der Waals surface area (Å²) < 4.78 is 33.8. The summed E-state index contributed by atoms with van der Waals surface area (Å²) in [5.74, 6) is -0.318. The molecule has 1 amide bonds. The SMILES string of the molecule is Cc1ccc(S(=O)(=O)NC(CC(C)C)C(=O)Nc2nc(-c3ccc(N4CCOCC4)cc3)cs2)cc1. The fourth-order valence-electron chi connectivity index (χ4n) is 3.97. The number of aryl methyl sites for hydroxylation is 1. The molecule has 36 heavy (non-hydrogen) atoms. The Kier molecular flexibility index (Phi) is 8.40. The Labute approximate surface area is 216 Å². The Bertz CT molecular complexity index is 1270. The van der Waals surface area contributed by atoms with Crippen molar-refractivity contribution in [3.8, 4) is 11.3 Å². The molecule has 1 atom stereocenters. The first-order valence-electron chi connectivity index (χ1n) is 12.0. The molecule has 2 aromatic carbocycles. The van der Waals surface area contributed by atoms with Crippen molar-refractivity contribution in [1.29, 1.82) is 0 Å². The number of ether oxygens (including phenoxy) is 1. The number of hydrogen-bond acceptors (Lipinski definition) is 7. The van der Waals surface area contributed by atoms with E-state index < -0.39 is 22.0 Å². The number of hydrogen-bond donors (Lipinski definition) is 2. The summed E-state index contributed by atoms with van der Waals surface area (Å²) in [6.45, 7) is 8.99. The second-order valence-corrected chi connectivity index (χ2v) is 11.9. The van der Waals surface area contributed by atoms with Crippen molar-refractivity contribution in [1.82, 2.24) is 9.71 Å². The molecule has 0 saturated carbocycles. The first-order valence-corrected chi connectivity index (χ1v) is 14.4. The van der Waals surface area contributed by atoms with Crippen LogP contribution in [0.5, 0.6) is 0 Å². The Morgan fingerprint density at radius 3 is 2.39 bits per heavy atom. The topological polar surface area (TPSA) is 101 Å². The lowest BCUT2D eigenvalue weighted by Gasteiger charge is -2.28. The molecule has 192 valence electrons. The van der Waals surface area contributed by atoms with Gasteiger partial charge in [0.15, 0.2) is 5.13 Å². The minimum Gasteiger partial charge on any atom is -0.378 e. The molecule has 10 heteroatoms. The highest BCUT2D eigenvalue weighted by Crippen LogP contribution is 2.27. The summed E-state index contributed by atoms with van der Waals surface area (Å²) in [6.07, 6.45) is 0.359. The first-order chi connectivity index (χ1) is 17.2. The lowest BCUT2D eigenvalue weighted by Crippen LogP contribution is -2.44. The van der Waals surface area contributed by atoms with Crippen LogP contribution in [-0.4, -0.2) is 51.7 Å². The maximum atomic E-state index is 13.1. The van der Waals surface area contributed by atoms with Crippen LogP contribution in [0.4, 0.5) is 10.8 Å². The van der Waals surface area contributed by atoms with Crippen LogP contribution in [-0.2, 0) is 19.6 Å². The summed E-state index contributed by atoms with van der Waals surface area (Å²) in [5, 5.41) is 5.11. The zero-order valence-corrected chi connectivity index (χ0v) is 22.4. The molecule has 8 nitrogen and oxygen atoms in total. The van der Waals surface area contributed by atoms with Gasteiger partial charge in [-0.3, -0.25) is 4.79 Å². The lowest BCUT2D eigenvalue weighted by atomic mass is 10.0. The fourth-order valence-corrected chi connectivity index (χ4v) is 5.90. The third-order valence-electron chi connectivity index (χ3n) is 5.93. The number of sulfonamides is 1. The standard InChI is InChI=1S/C26H32N4O4S2/c1-18(2)16-23(29-36(32,33)22-10-4-19(3)5-11-22)25(31)28-26-27-24(17-35-26)20-6-8-21(9-7-20)30-12-14-34-15-13-30/h4-11,17-18,23,29H,12-16H2,1-3H3,(H,27,28,31). The number of benzene rings is 2. The molecule has 1 aliphatic rings. The molecule has 0 bridgehead atoms. The maximum Gasteiger partial charge on any atom is 0.244 e. The summed E-state index contributed by atoms with van der Waals surface area (Å²) >= 11 is 1.31. The van der Waals surface area contributed by atoms with E-state index in [1.165, 1.54) is 11.3 Å². The summed E-state index contributed by atoms with van der Waals surface area (Å²) in [4.78, 5) is 20.1. The van der Waals surface area contributed by atoms with Crippen LogP contribution in [0.3, 0.4) is 0 Å². The molecular formula is C26H32N4O4S2. The van der Waals surface area contributed by atoms with Gasteiger partial charge >= 0.3 is 0 Å². The average Bonchev–Trinajstić information content (AvgIpc) is 3.32. The number of aromatic nitrogens is 1. The fraction of sp³-hybridized carbons (Fsp3) is 0.385. The minimum atomic E-state index is -3.85. The monoisotopic (exact) mass is 528 g/mol. The number of carbonyl (C=O) groups excluding carboxylic acids is 1. The molecule has 1 saturated heterocycles. The van der Waals surface area contributed by atoms with Gasteiger partial charge in [0, 0.05) is 29.7 Å². The van der Waals surface area contributed by atoms with Crippen molar-refractivity contribution in [3.05, 3.63) is 59.5 Å². The van der Waals surface area contributed by atoms with Crippen molar-refractivity contribution >= 4 is 38.1 Å². The molecule has 1 aliphatic heterocycles. The second-order valence-electron chi connectivity index (χ2n) is 9.29. The van der Waals surface area contributed by atoms with Crippen molar-refractivity contribution < 1.29 is 17.9 Å². The summed E-state index contributed by atoms with van der Waals surface area (Å²) in [5.41, 5.74) is 3.80. The molecule has 2 heterocycles. The quantitative estimate of drug-likeness (QED) is 0.430. The van der Waals surface area contributed by atoms with Crippen molar-refractivity contribution in [3.63, 3.8) is 0 Å². The van der Waals surface area contributed by atoms with Crippen LogP contribution < -0.4 is 14.9 Å². The third kappa shape index (κ3) is 6.70. The number of amides is 1. The van der Waals surface area contributed by atoms with E-state index in [-0.39, 0.29) is 10.8 Å². The normalized spacial score (nSPS) is 15.2. The van der Waals surface area contributed by atoms with Crippen molar-refractivity contribution in [2.24, 2.45) is 5.92 Å². The average molecular weight is 529 g/mol. The molecule has 1 unspecified atom stereocenters. The third-order valence-corrected chi connectivity index (χ3v) is 8.17. The van der Waals surface area contributed by atoms with Gasteiger partial charge in [0.1, 0.15) is 6.04 Å².